The first-order valence-electron chi connectivity index (χ1n) is 6.02. The molecule has 0 bridgehead atoms. The Kier molecular flexibility index (Phi) is 3.50. The van der Waals surface area contributed by atoms with Gasteiger partial charge in [0.15, 0.2) is 10.7 Å². The zero-order valence-corrected chi connectivity index (χ0v) is 13.8. The molecule has 0 aliphatic rings. The molecular weight excluding hydrogens is 350 g/mol. The van der Waals surface area contributed by atoms with Crippen molar-refractivity contribution in [2.75, 3.05) is 4.72 Å². The quantitative estimate of drug-likeness (QED) is 0.774. The second-order valence-corrected chi connectivity index (χ2v) is 7.49. The first kappa shape index (κ1) is 15.1. The summed E-state index contributed by atoms with van der Waals surface area (Å²) in [5.41, 5.74) is 1.27. The SMILES string of the molecule is Cc1csc(NS(=O)(=O)c2cc3oc(=O)n(C)c3cc2Cl)n1. The van der Waals surface area contributed by atoms with Crippen molar-refractivity contribution in [2.45, 2.75) is 11.8 Å². The first-order valence-corrected chi connectivity index (χ1v) is 8.76. The van der Waals surface area contributed by atoms with Gasteiger partial charge in [-0.15, -0.1) is 11.3 Å². The van der Waals surface area contributed by atoms with E-state index in [9.17, 15) is 13.2 Å². The van der Waals surface area contributed by atoms with Crippen molar-refractivity contribution >= 4 is 49.2 Å². The monoisotopic (exact) mass is 359 g/mol. The predicted molar refractivity (Wildman–Crippen MR) is 84.1 cm³/mol. The maximum Gasteiger partial charge on any atom is 0.419 e. The van der Waals surface area contributed by atoms with Crippen LogP contribution in [0.2, 0.25) is 5.02 Å². The maximum atomic E-state index is 12.4. The van der Waals surface area contributed by atoms with Gasteiger partial charge in [-0.1, -0.05) is 11.6 Å². The second kappa shape index (κ2) is 5.11. The summed E-state index contributed by atoms with van der Waals surface area (Å²) in [6.45, 7) is 1.76. The number of aryl methyl sites for hydroxylation is 2. The van der Waals surface area contributed by atoms with Crippen LogP contribution in [0, 0.1) is 6.92 Å². The molecule has 0 unspecified atom stereocenters. The maximum absolute atomic E-state index is 12.4. The Balaban J connectivity index is 2.12. The fourth-order valence-electron chi connectivity index (χ4n) is 1.91. The molecule has 116 valence electrons. The lowest BCUT2D eigenvalue weighted by Gasteiger charge is -2.07. The molecule has 3 rings (SSSR count). The summed E-state index contributed by atoms with van der Waals surface area (Å²) in [6, 6.07) is 2.60. The Morgan fingerprint density at radius 2 is 2.14 bits per heavy atom. The molecule has 0 saturated carbocycles. The lowest BCUT2D eigenvalue weighted by atomic mass is 10.3. The summed E-state index contributed by atoms with van der Waals surface area (Å²) < 4.78 is 33.4. The fourth-order valence-corrected chi connectivity index (χ4v) is 4.38. The Hall–Kier alpha value is -1.84. The van der Waals surface area contributed by atoms with Crippen molar-refractivity contribution in [3.8, 4) is 0 Å². The van der Waals surface area contributed by atoms with Crippen LogP contribution >= 0.6 is 22.9 Å². The van der Waals surface area contributed by atoms with E-state index in [1.165, 1.54) is 35.1 Å². The number of hydrogen-bond acceptors (Lipinski definition) is 6. The minimum absolute atomic E-state index is 0.00956. The van der Waals surface area contributed by atoms with Crippen LogP contribution in [0.3, 0.4) is 0 Å². The molecule has 0 radical (unpaired) electrons. The second-order valence-electron chi connectivity index (χ2n) is 4.58. The lowest BCUT2D eigenvalue weighted by molar-refractivity contribution is 0.527. The average Bonchev–Trinajstić information content (AvgIpc) is 2.94. The first-order chi connectivity index (χ1) is 10.3. The lowest BCUT2D eigenvalue weighted by Crippen LogP contribution is -2.13. The van der Waals surface area contributed by atoms with Gasteiger partial charge in [0.2, 0.25) is 0 Å². The third-order valence-corrected chi connectivity index (χ3v) is 5.78. The smallest absolute Gasteiger partial charge is 0.408 e. The summed E-state index contributed by atoms with van der Waals surface area (Å²) in [7, 11) is -2.42. The van der Waals surface area contributed by atoms with Crippen LogP contribution in [-0.4, -0.2) is 18.0 Å². The van der Waals surface area contributed by atoms with Crippen LogP contribution in [0.4, 0.5) is 5.13 Å². The van der Waals surface area contributed by atoms with Crippen molar-refractivity contribution in [1.82, 2.24) is 9.55 Å². The summed E-state index contributed by atoms with van der Waals surface area (Å²) in [6.07, 6.45) is 0. The molecule has 3 aromatic rings. The van der Waals surface area contributed by atoms with E-state index in [1.54, 1.807) is 12.3 Å². The molecule has 7 nitrogen and oxygen atoms in total. The summed E-state index contributed by atoms with van der Waals surface area (Å²) in [4.78, 5) is 15.3. The molecular formula is C12H10ClN3O4S2. The van der Waals surface area contributed by atoms with E-state index < -0.39 is 15.8 Å². The highest BCUT2D eigenvalue weighted by atomic mass is 35.5. The normalized spacial score (nSPS) is 12.0. The van der Waals surface area contributed by atoms with Gasteiger partial charge >= 0.3 is 5.76 Å². The molecule has 10 heteroatoms. The highest BCUT2D eigenvalue weighted by Gasteiger charge is 2.22. The standard InChI is InChI=1S/C12H10ClN3O4S2/c1-6-5-21-11(14-6)15-22(18,19)10-4-9-8(3-7(10)13)16(2)12(17)20-9/h3-5H,1-2H3,(H,14,15). The number of oxazole rings is 1. The van der Waals surface area contributed by atoms with E-state index in [0.717, 1.165) is 0 Å². The molecule has 0 amide bonds. The van der Waals surface area contributed by atoms with Crippen molar-refractivity contribution in [3.05, 3.63) is 38.8 Å². The Bertz CT molecular complexity index is 1030. The average molecular weight is 360 g/mol. The highest BCUT2D eigenvalue weighted by molar-refractivity contribution is 7.93. The molecule has 0 saturated heterocycles. The van der Waals surface area contributed by atoms with E-state index >= 15 is 0 Å². The summed E-state index contributed by atoms with van der Waals surface area (Å²) in [5, 5.41) is 1.95. The van der Waals surface area contributed by atoms with Crippen molar-refractivity contribution < 1.29 is 12.8 Å². The van der Waals surface area contributed by atoms with Gasteiger partial charge in [-0.3, -0.25) is 9.29 Å². The van der Waals surface area contributed by atoms with Gasteiger partial charge in [-0.2, -0.15) is 0 Å². The van der Waals surface area contributed by atoms with Crippen LogP contribution in [-0.2, 0) is 17.1 Å². The number of nitrogens with zero attached hydrogens (tertiary/aromatic N) is 2. The highest BCUT2D eigenvalue weighted by Crippen LogP contribution is 2.29. The van der Waals surface area contributed by atoms with Crippen molar-refractivity contribution in [1.29, 1.82) is 0 Å². The van der Waals surface area contributed by atoms with Crippen LogP contribution in [0.15, 0.2) is 31.6 Å². The molecule has 2 aromatic heterocycles. The van der Waals surface area contributed by atoms with Gasteiger partial charge in [0.1, 0.15) is 4.90 Å². The minimum Gasteiger partial charge on any atom is -0.408 e. The zero-order chi connectivity index (χ0) is 16.1. The topological polar surface area (TPSA) is 94.2 Å². The molecule has 0 aliphatic carbocycles. The fraction of sp³-hybridized carbons (Fsp3) is 0.167. The van der Waals surface area contributed by atoms with Crippen LogP contribution < -0.4 is 10.5 Å². The molecule has 1 aromatic carbocycles. The van der Waals surface area contributed by atoms with Gasteiger partial charge in [-0.25, -0.2) is 18.2 Å². The largest absolute Gasteiger partial charge is 0.419 e. The van der Waals surface area contributed by atoms with E-state index in [4.69, 9.17) is 16.0 Å². The van der Waals surface area contributed by atoms with Crippen LogP contribution in [0.5, 0.6) is 0 Å². The van der Waals surface area contributed by atoms with E-state index in [-0.39, 0.29) is 20.6 Å². The molecule has 0 atom stereocenters. The number of sulfonamides is 1. The van der Waals surface area contributed by atoms with E-state index in [1.807, 2.05) is 0 Å². The number of fused-ring (bicyclic) bond motifs is 1. The van der Waals surface area contributed by atoms with Crippen molar-refractivity contribution in [3.63, 3.8) is 0 Å². The Labute approximate surface area is 134 Å². The number of halogens is 1. The predicted octanol–water partition coefficient (Wildman–Crippen LogP) is 2.35. The third kappa shape index (κ3) is 2.51. The van der Waals surface area contributed by atoms with Gasteiger partial charge < -0.3 is 4.42 Å². The van der Waals surface area contributed by atoms with Crippen LogP contribution in [0.25, 0.3) is 11.1 Å². The summed E-state index contributed by atoms with van der Waals surface area (Å²) in [5.74, 6) is -0.593. The number of anilines is 1. The van der Waals surface area contributed by atoms with E-state index in [2.05, 4.69) is 9.71 Å². The van der Waals surface area contributed by atoms with Gasteiger partial charge in [-0.05, 0) is 13.0 Å². The number of nitrogens with one attached hydrogen (secondary N) is 1. The van der Waals surface area contributed by atoms with E-state index in [0.29, 0.717) is 11.2 Å². The van der Waals surface area contributed by atoms with Crippen LogP contribution in [0.1, 0.15) is 5.69 Å². The number of benzene rings is 1. The Morgan fingerprint density at radius 3 is 2.77 bits per heavy atom. The van der Waals surface area contributed by atoms with Crippen molar-refractivity contribution in [2.24, 2.45) is 7.05 Å². The molecule has 2 heterocycles. The Morgan fingerprint density at radius 1 is 1.41 bits per heavy atom. The minimum atomic E-state index is -3.93. The number of thiazole rings is 1. The van der Waals surface area contributed by atoms with Gasteiger partial charge in [0.25, 0.3) is 10.0 Å². The molecule has 0 spiro atoms. The molecule has 0 fully saturated rings. The molecule has 0 aliphatic heterocycles. The summed E-state index contributed by atoms with van der Waals surface area (Å²) >= 11 is 7.21. The molecule has 1 N–H and O–H groups in total. The van der Waals surface area contributed by atoms with Gasteiger partial charge in [0, 0.05) is 18.5 Å². The van der Waals surface area contributed by atoms with Gasteiger partial charge in [0.05, 0.1) is 16.2 Å². The number of hydrogen-bond donors (Lipinski definition) is 1. The number of rotatable bonds is 3. The third-order valence-electron chi connectivity index (χ3n) is 2.98. The number of aromatic nitrogens is 2. The zero-order valence-electron chi connectivity index (χ0n) is 11.5. The molecule has 22 heavy (non-hydrogen) atoms.